The van der Waals surface area contributed by atoms with Crippen LogP contribution in [0.3, 0.4) is 0 Å². The van der Waals surface area contributed by atoms with Crippen LogP contribution in [0.5, 0.6) is 0 Å². The van der Waals surface area contributed by atoms with Crippen molar-refractivity contribution in [3.63, 3.8) is 0 Å². The molecule has 3 heteroatoms. The third-order valence-corrected chi connectivity index (χ3v) is 8.31. The van der Waals surface area contributed by atoms with E-state index >= 15 is 0 Å². The van der Waals surface area contributed by atoms with Gasteiger partial charge in [-0.2, -0.15) is 12.1 Å². The summed E-state index contributed by atoms with van der Waals surface area (Å²) < 4.78 is 1.89. The van der Waals surface area contributed by atoms with Gasteiger partial charge in [0.2, 0.25) is 0 Å². The van der Waals surface area contributed by atoms with Crippen molar-refractivity contribution in [3.8, 4) is 0 Å². The Bertz CT molecular complexity index is 877. The molecule has 29 heavy (non-hydrogen) atoms. The second-order valence-electron chi connectivity index (χ2n) is 7.06. The van der Waals surface area contributed by atoms with Crippen LogP contribution in [0.25, 0.3) is 21.5 Å². The molecular weight excluding hydrogens is 474 g/mol. The summed E-state index contributed by atoms with van der Waals surface area (Å²) in [6.45, 7) is 6.34. The number of aryl methyl sites for hydroxylation is 2. The van der Waals surface area contributed by atoms with E-state index in [0.29, 0.717) is 0 Å². The minimum absolute atomic E-state index is 1.20. The third-order valence-electron chi connectivity index (χ3n) is 4.65. The SMILES string of the molecule is CCCc1cc2ccccc2[cH-]1.CCCc1cc2ccccc2[cH-]1.C[CH]=[Zr]([Cl])[Cl]. The summed E-state index contributed by atoms with van der Waals surface area (Å²) in [4.78, 5) is 0. The topological polar surface area (TPSA) is 0 Å². The third kappa shape index (κ3) is 8.33. The Labute approximate surface area is 190 Å². The molecule has 0 heterocycles. The molecule has 4 rings (SSSR count). The van der Waals surface area contributed by atoms with Gasteiger partial charge in [0.25, 0.3) is 0 Å². The van der Waals surface area contributed by atoms with E-state index < -0.39 is 18.9 Å². The van der Waals surface area contributed by atoms with Crippen LogP contribution in [-0.4, -0.2) is 3.71 Å². The molecule has 0 unspecified atom stereocenters. The van der Waals surface area contributed by atoms with Gasteiger partial charge in [-0.1, -0.05) is 38.8 Å². The molecule has 0 spiro atoms. The molecule has 0 aliphatic carbocycles. The van der Waals surface area contributed by atoms with Crippen LogP contribution >= 0.6 is 17.0 Å². The molecule has 0 saturated heterocycles. The normalized spacial score (nSPS) is 10.1. The fraction of sp³-hybridized carbons (Fsp3) is 0.269. The van der Waals surface area contributed by atoms with Crippen LogP contribution < -0.4 is 0 Å². The van der Waals surface area contributed by atoms with E-state index in [-0.39, 0.29) is 0 Å². The number of benzene rings is 2. The van der Waals surface area contributed by atoms with Crippen molar-refractivity contribution in [1.29, 1.82) is 0 Å². The van der Waals surface area contributed by atoms with Gasteiger partial charge in [-0.25, -0.2) is 0 Å². The maximum atomic E-state index is 5.37. The zero-order chi connectivity index (χ0) is 21.1. The maximum absolute atomic E-state index is 5.37. The Hall–Kier alpha value is -1.01. The molecule has 154 valence electrons. The van der Waals surface area contributed by atoms with Crippen LogP contribution in [0.1, 0.15) is 44.7 Å². The van der Waals surface area contributed by atoms with Gasteiger partial charge < -0.3 is 0 Å². The van der Waals surface area contributed by atoms with Crippen LogP contribution in [0, 0.1) is 0 Å². The molecule has 0 aliphatic heterocycles. The predicted octanol–water partition coefficient (Wildman–Crippen LogP) is 8.76. The summed E-state index contributed by atoms with van der Waals surface area (Å²) in [5.41, 5.74) is 2.94. The van der Waals surface area contributed by atoms with Crippen molar-refractivity contribution < 1.29 is 18.9 Å². The first-order chi connectivity index (χ1) is 14.1. The summed E-state index contributed by atoms with van der Waals surface area (Å²) in [5.74, 6) is 0. The molecule has 0 aromatic heterocycles. The first kappa shape index (κ1) is 24.3. The first-order valence-corrected chi connectivity index (χ1v) is 18.1. The zero-order valence-electron chi connectivity index (χ0n) is 17.6. The minimum atomic E-state index is -1.76. The molecule has 0 fully saturated rings. The molecule has 0 aliphatic rings. The van der Waals surface area contributed by atoms with E-state index in [0.717, 1.165) is 0 Å². The Morgan fingerprint density at radius 2 is 1.14 bits per heavy atom. The molecule has 0 atom stereocenters. The van der Waals surface area contributed by atoms with E-state index in [1.54, 1.807) is 0 Å². The summed E-state index contributed by atoms with van der Waals surface area (Å²) in [5, 5.41) is 5.50. The number of hydrogen-bond acceptors (Lipinski definition) is 0. The number of halogens is 2. The Morgan fingerprint density at radius 1 is 0.759 bits per heavy atom. The molecule has 0 radical (unpaired) electrons. The van der Waals surface area contributed by atoms with Crippen molar-refractivity contribution in [2.45, 2.75) is 46.5 Å². The summed E-state index contributed by atoms with van der Waals surface area (Å²) >= 11 is -1.76. The van der Waals surface area contributed by atoms with Crippen molar-refractivity contribution >= 4 is 42.3 Å². The first-order valence-electron chi connectivity index (χ1n) is 10.3. The van der Waals surface area contributed by atoms with Gasteiger partial charge in [-0.15, -0.1) is 81.2 Å². The van der Waals surface area contributed by atoms with Crippen molar-refractivity contribution in [2.24, 2.45) is 0 Å². The number of fused-ring (bicyclic) bond motifs is 2. The molecule has 0 N–H and O–H groups in total. The van der Waals surface area contributed by atoms with E-state index in [1.807, 2.05) is 10.6 Å². The molecule has 4 aromatic carbocycles. The Morgan fingerprint density at radius 3 is 1.45 bits per heavy atom. The van der Waals surface area contributed by atoms with Crippen LogP contribution in [0.15, 0.2) is 72.8 Å². The van der Waals surface area contributed by atoms with Crippen LogP contribution in [0.4, 0.5) is 0 Å². The van der Waals surface area contributed by atoms with E-state index in [9.17, 15) is 0 Å². The average Bonchev–Trinajstić information content (AvgIpc) is 3.32. The fourth-order valence-electron chi connectivity index (χ4n) is 3.30. The van der Waals surface area contributed by atoms with Gasteiger partial charge >= 0.3 is 46.5 Å². The van der Waals surface area contributed by atoms with Gasteiger partial charge in [0.15, 0.2) is 0 Å². The standard InChI is InChI=1S/2C12H13.C2H4.2ClH.Zr/c2*1-2-5-10-8-11-6-3-4-7-12(11)9-10;1-2;;;/h2*3-4,6-9H,2,5H2,1H3;1H,2H3;2*1H;/q2*-1;;;;+2/p-2. The van der Waals surface area contributed by atoms with E-state index in [2.05, 4.69) is 86.6 Å². The fourth-order valence-corrected chi connectivity index (χ4v) is 3.30. The summed E-state index contributed by atoms with van der Waals surface area (Å²) in [6.07, 6.45) is 4.87. The average molecular weight is 505 g/mol. The van der Waals surface area contributed by atoms with Crippen LogP contribution in [-0.2, 0) is 31.7 Å². The summed E-state index contributed by atoms with van der Waals surface area (Å²) in [6, 6.07) is 26.2. The second-order valence-corrected chi connectivity index (χ2v) is 15.9. The quantitative estimate of drug-likeness (QED) is 0.244. The predicted molar refractivity (Wildman–Crippen MR) is 131 cm³/mol. The molecular formula is C26H30Cl2Zr-2. The Balaban J connectivity index is 0.000000170. The monoisotopic (exact) mass is 502 g/mol. The van der Waals surface area contributed by atoms with Gasteiger partial charge in [-0.05, 0) is 12.8 Å². The van der Waals surface area contributed by atoms with Crippen LogP contribution in [0.2, 0.25) is 0 Å². The van der Waals surface area contributed by atoms with Gasteiger partial charge in [0, 0.05) is 0 Å². The summed E-state index contributed by atoms with van der Waals surface area (Å²) in [7, 11) is 10.7. The van der Waals surface area contributed by atoms with Gasteiger partial charge in [-0.3, -0.25) is 0 Å². The van der Waals surface area contributed by atoms with Gasteiger partial charge in [0.1, 0.15) is 0 Å². The van der Waals surface area contributed by atoms with E-state index in [1.165, 1.54) is 58.4 Å². The van der Waals surface area contributed by atoms with Crippen molar-refractivity contribution in [1.82, 2.24) is 0 Å². The van der Waals surface area contributed by atoms with Crippen molar-refractivity contribution in [2.75, 3.05) is 0 Å². The zero-order valence-corrected chi connectivity index (χ0v) is 21.6. The van der Waals surface area contributed by atoms with E-state index in [4.69, 9.17) is 17.0 Å². The molecule has 0 amide bonds. The second kappa shape index (κ2) is 13.3. The molecule has 0 saturated carbocycles. The molecule has 0 bridgehead atoms. The Kier molecular flexibility index (Phi) is 11.2. The number of hydrogen-bond donors (Lipinski definition) is 0. The molecule has 0 nitrogen and oxygen atoms in total. The van der Waals surface area contributed by atoms with Gasteiger partial charge in [0.05, 0.1) is 0 Å². The molecule has 4 aromatic rings. The van der Waals surface area contributed by atoms with Crippen molar-refractivity contribution in [3.05, 3.63) is 83.9 Å². The number of rotatable bonds is 4.